The second-order valence-corrected chi connectivity index (χ2v) is 10.9. The standard InChI is InChI=1S/C25H24N4O3S/c30-25(21-14-26-13-17-5-9-27-23(17)21)29-11-7-16(8-12-29)22-19-4-2-1-3-18(19)15-33(31,32)24-20(22)6-10-28-24/h1-6,9-10,13-14,16,22,27-28H,7-8,11-12,15H2. The van der Waals surface area contributed by atoms with Crippen LogP contribution in [-0.4, -0.2) is 47.3 Å². The first-order valence-electron chi connectivity index (χ1n) is 11.2. The van der Waals surface area contributed by atoms with Crippen LogP contribution >= 0.6 is 0 Å². The minimum absolute atomic E-state index is 0.00881. The molecule has 0 saturated carbocycles. The highest BCUT2D eigenvalue weighted by atomic mass is 32.2. The number of amides is 1. The number of aromatic amines is 2. The first-order valence-corrected chi connectivity index (χ1v) is 12.9. The zero-order chi connectivity index (χ0) is 22.6. The monoisotopic (exact) mass is 460 g/mol. The van der Waals surface area contributed by atoms with Crippen molar-refractivity contribution in [3.63, 3.8) is 0 Å². The van der Waals surface area contributed by atoms with Crippen molar-refractivity contribution in [2.24, 2.45) is 5.92 Å². The first kappa shape index (κ1) is 20.2. The predicted octanol–water partition coefficient (Wildman–Crippen LogP) is 3.86. The normalized spacial score (nSPS) is 20.2. The van der Waals surface area contributed by atoms with Gasteiger partial charge in [-0.3, -0.25) is 9.78 Å². The fourth-order valence-electron chi connectivity index (χ4n) is 5.55. The van der Waals surface area contributed by atoms with Gasteiger partial charge in [0.05, 0.1) is 16.8 Å². The molecule has 1 atom stereocenters. The summed E-state index contributed by atoms with van der Waals surface area (Å²) in [6, 6.07) is 11.7. The number of hydrogen-bond donors (Lipinski definition) is 2. The van der Waals surface area contributed by atoms with E-state index < -0.39 is 9.84 Å². The summed E-state index contributed by atoms with van der Waals surface area (Å²) >= 11 is 0. The quantitative estimate of drug-likeness (QED) is 0.474. The second-order valence-electron chi connectivity index (χ2n) is 8.96. The molecule has 168 valence electrons. The molecule has 1 unspecified atom stereocenters. The molecule has 8 heteroatoms. The van der Waals surface area contributed by atoms with E-state index in [2.05, 4.69) is 21.0 Å². The number of likely N-dealkylation sites (tertiary alicyclic amines) is 1. The van der Waals surface area contributed by atoms with Crippen LogP contribution in [0.15, 0.2) is 66.2 Å². The number of aromatic nitrogens is 3. The molecule has 4 aromatic rings. The minimum Gasteiger partial charge on any atom is -0.360 e. The van der Waals surface area contributed by atoms with Crippen molar-refractivity contribution in [3.8, 4) is 0 Å². The molecule has 2 N–H and O–H groups in total. The van der Waals surface area contributed by atoms with Gasteiger partial charge in [-0.25, -0.2) is 8.42 Å². The van der Waals surface area contributed by atoms with Crippen molar-refractivity contribution >= 4 is 26.6 Å². The Bertz CT molecular complexity index is 1460. The number of sulfone groups is 1. The van der Waals surface area contributed by atoms with Crippen LogP contribution in [0.1, 0.15) is 45.8 Å². The molecule has 1 amide bonds. The second kappa shape index (κ2) is 7.59. The fraction of sp³-hybridized carbons (Fsp3) is 0.280. The summed E-state index contributed by atoms with van der Waals surface area (Å²) in [5, 5.41) is 1.26. The Morgan fingerprint density at radius 2 is 1.76 bits per heavy atom. The summed E-state index contributed by atoms with van der Waals surface area (Å²) in [6.45, 7) is 1.26. The van der Waals surface area contributed by atoms with Crippen molar-refractivity contribution in [3.05, 3.63) is 83.4 Å². The van der Waals surface area contributed by atoms with E-state index in [0.717, 1.165) is 40.4 Å². The molecule has 2 aliphatic rings. The van der Waals surface area contributed by atoms with Gasteiger partial charge in [0.2, 0.25) is 0 Å². The Kier molecular flexibility index (Phi) is 4.65. The Balaban J connectivity index is 1.30. The number of hydrogen-bond acceptors (Lipinski definition) is 4. The van der Waals surface area contributed by atoms with Crippen LogP contribution in [0.4, 0.5) is 0 Å². The van der Waals surface area contributed by atoms with Crippen molar-refractivity contribution in [1.82, 2.24) is 19.9 Å². The number of fused-ring (bicyclic) bond motifs is 3. The largest absolute Gasteiger partial charge is 0.360 e. The molecule has 3 aromatic heterocycles. The Hall–Kier alpha value is -3.39. The van der Waals surface area contributed by atoms with Gasteiger partial charge >= 0.3 is 0 Å². The Morgan fingerprint density at radius 1 is 0.970 bits per heavy atom. The molecular formula is C25H24N4O3S. The lowest BCUT2D eigenvalue weighted by atomic mass is 9.75. The van der Waals surface area contributed by atoms with E-state index >= 15 is 0 Å². The highest BCUT2D eigenvalue weighted by Gasteiger charge is 2.38. The minimum atomic E-state index is -3.43. The molecule has 6 rings (SSSR count). The van der Waals surface area contributed by atoms with E-state index in [4.69, 9.17) is 0 Å². The molecule has 1 fully saturated rings. The lowest BCUT2D eigenvalue weighted by Gasteiger charge is -2.36. The molecule has 0 spiro atoms. The number of pyridine rings is 1. The van der Waals surface area contributed by atoms with Gasteiger partial charge in [-0.1, -0.05) is 24.3 Å². The Morgan fingerprint density at radius 3 is 2.61 bits per heavy atom. The van der Waals surface area contributed by atoms with E-state index in [1.165, 1.54) is 0 Å². The van der Waals surface area contributed by atoms with Crippen LogP contribution in [0.2, 0.25) is 0 Å². The van der Waals surface area contributed by atoms with Gasteiger partial charge in [0, 0.05) is 49.2 Å². The van der Waals surface area contributed by atoms with Crippen molar-refractivity contribution in [2.75, 3.05) is 13.1 Å². The maximum atomic E-state index is 13.3. The number of carbonyl (C=O) groups is 1. The number of piperidine rings is 1. The van der Waals surface area contributed by atoms with Crippen molar-refractivity contribution in [2.45, 2.75) is 29.5 Å². The molecule has 33 heavy (non-hydrogen) atoms. The van der Waals surface area contributed by atoms with Crippen LogP contribution < -0.4 is 0 Å². The van der Waals surface area contributed by atoms with E-state index in [1.807, 2.05) is 41.4 Å². The lowest BCUT2D eigenvalue weighted by molar-refractivity contribution is 0.0684. The molecule has 0 bridgehead atoms. The highest BCUT2D eigenvalue weighted by molar-refractivity contribution is 7.90. The zero-order valence-corrected chi connectivity index (χ0v) is 18.8. The van der Waals surface area contributed by atoms with Gasteiger partial charge in [0.15, 0.2) is 9.84 Å². The van der Waals surface area contributed by atoms with E-state index in [0.29, 0.717) is 23.7 Å². The third kappa shape index (κ3) is 3.28. The van der Waals surface area contributed by atoms with Crippen LogP contribution in [0.25, 0.3) is 10.9 Å². The molecule has 7 nitrogen and oxygen atoms in total. The van der Waals surface area contributed by atoms with Gasteiger partial charge in [-0.05, 0) is 47.6 Å². The molecule has 5 heterocycles. The van der Waals surface area contributed by atoms with Crippen molar-refractivity contribution in [1.29, 1.82) is 0 Å². The van der Waals surface area contributed by atoms with E-state index in [9.17, 15) is 13.2 Å². The summed E-state index contributed by atoms with van der Waals surface area (Å²) < 4.78 is 26.1. The van der Waals surface area contributed by atoms with Gasteiger partial charge in [-0.2, -0.15) is 0 Å². The molecular weight excluding hydrogens is 436 g/mol. The van der Waals surface area contributed by atoms with E-state index in [-0.39, 0.29) is 23.5 Å². The average molecular weight is 461 g/mol. The number of rotatable bonds is 2. The van der Waals surface area contributed by atoms with Crippen LogP contribution in [0.3, 0.4) is 0 Å². The molecule has 2 aliphatic heterocycles. The molecule has 1 saturated heterocycles. The van der Waals surface area contributed by atoms with Crippen LogP contribution in [-0.2, 0) is 15.6 Å². The van der Waals surface area contributed by atoms with Gasteiger partial charge in [0.25, 0.3) is 5.91 Å². The zero-order valence-electron chi connectivity index (χ0n) is 18.0. The Labute approximate surface area is 191 Å². The topological polar surface area (TPSA) is 98.9 Å². The predicted molar refractivity (Wildman–Crippen MR) is 125 cm³/mol. The third-order valence-corrected chi connectivity index (χ3v) is 8.78. The number of H-pyrrole nitrogens is 2. The van der Waals surface area contributed by atoms with E-state index in [1.54, 1.807) is 18.6 Å². The highest BCUT2D eigenvalue weighted by Crippen LogP contribution is 2.44. The molecule has 0 aliphatic carbocycles. The summed E-state index contributed by atoms with van der Waals surface area (Å²) in [4.78, 5) is 25.5. The molecule has 0 radical (unpaired) electrons. The average Bonchev–Trinajstić information content (AvgIpc) is 3.49. The summed E-state index contributed by atoms with van der Waals surface area (Å²) in [5.41, 5.74) is 4.22. The maximum Gasteiger partial charge on any atom is 0.257 e. The van der Waals surface area contributed by atoms with Gasteiger partial charge in [0.1, 0.15) is 5.03 Å². The van der Waals surface area contributed by atoms with Crippen molar-refractivity contribution < 1.29 is 13.2 Å². The lowest BCUT2D eigenvalue weighted by Crippen LogP contribution is -2.40. The van der Waals surface area contributed by atoms with Crippen LogP contribution in [0, 0.1) is 5.92 Å². The number of nitrogens with one attached hydrogen (secondary N) is 2. The first-order chi connectivity index (χ1) is 16.0. The smallest absolute Gasteiger partial charge is 0.257 e. The van der Waals surface area contributed by atoms with Gasteiger partial charge < -0.3 is 14.9 Å². The van der Waals surface area contributed by atoms with Crippen LogP contribution in [0.5, 0.6) is 0 Å². The summed E-state index contributed by atoms with van der Waals surface area (Å²) in [5.74, 6) is 0.237. The number of nitrogens with zero attached hydrogens (tertiary/aromatic N) is 2. The molecule has 1 aromatic carbocycles. The number of carbonyl (C=O) groups excluding carboxylic acids is 1. The summed E-state index contributed by atoms with van der Waals surface area (Å²) in [6.07, 6.45) is 8.55. The summed E-state index contributed by atoms with van der Waals surface area (Å²) in [7, 11) is -3.43. The SMILES string of the molecule is O=C(c1cncc2cc[nH]c12)N1CCC(C2c3ccccc3CS(=O)(=O)c3[nH]ccc32)CC1. The van der Waals surface area contributed by atoms with Gasteiger partial charge in [-0.15, -0.1) is 0 Å². The number of benzene rings is 1. The third-order valence-electron chi connectivity index (χ3n) is 7.12. The fourth-order valence-corrected chi connectivity index (χ4v) is 7.17. The maximum absolute atomic E-state index is 13.3.